The lowest BCUT2D eigenvalue weighted by molar-refractivity contribution is -0.141. The van der Waals surface area contributed by atoms with Gasteiger partial charge >= 0.3 is 26.0 Å². The number of aliphatic carboxylic acids is 1. The molecule has 0 aliphatic rings. The van der Waals surface area contributed by atoms with Crippen LogP contribution in [-0.4, -0.2) is 59.9 Å². The molecule has 3 atom stereocenters. The lowest BCUT2D eigenvalue weighted by atomic mass is 10.1. The van der Waals surface area contributed by atoms with Crippen LogP contribution in [0.4, 0.5) is 9.59 Å². The third-order valence-electron chi connectivity index (χ3n) is 6.56. The van der Waals surface area contributed by atoms with Crippen LogP contribution < -0.4 is 5.73 Å². The molecule has 2 rings (SSSR count). The smallest absolute Gasteiger partial charge is 0.480 e. The largest absolute Gasteiger partial charge is 0.510 e. The maximum atomic E-state index is 14.3. The minimum absolute atomic E-state index is 0.1000. The van der Waals surface area contributed by atoms with Crippen molar-refractivity contribution in [2.45, 2.75) is 85.7 Å². The molecule has 0 bridgehead atoms. The first-order chi connectivity index (χ1) is 22.2. The number of carboxylic acid groups (broad SMARTS) is 1. The number of nitrogens with zero attached hydrogens (tertiary/aromatic N) is 2. The molecular weight excluding hydrogens is 633 g/mol. The standard InChI is InChI=1S/C32H46N3O11P/c1-7-8-19-26(27(36)37)35(6)30(33)34-47(40,45-28(22(2)3)43-31(38)41-20-24-15-11-9-12-16-24)46-29(23(4)5)44-32(39)42-21-25-17-13-10-14-18-25/h9-18,22-23,26,28-29H,7-8,19-21H2,1-6H3,(H,36,37)(H2,33,34,40). The Labute approximate surface area is 275 Å². The van der Waals surface area contributed by atoms with E-state index in [1.165, 1.54) is 7.05 Å². The van der Waals surface area contributed by atoms with Crippen molar-refractivity contribution < 1.29 is 52.1 Å². The monoisotopic (exact) mass is 679 g/mol. The van der Waals surface area contributed by atoms with Crippen LogP contribution in [0, 0.1) is 11.8 Å². The molecule has 0 heterocycles. The zero-order chi connectivity index (χ0) is 35.0. The second-order valence-corrected chi connectivity index (χ2v) is 12.8. The summed E-state index contributed by atoms with van der Waals surface area (Å²) < 4.78 is 50.7. The van der Waals surface area contributed by atoms with Crippen molar-refractivity contribution in [1.29, 1.82) is 0 Å². The third kappa shape index (κ3) is 14.0. The molecule has 0 spiro atoms. The molecular formula is C32H46N3O11P. The van der Waals surface area contributed by atoms with E-state index in [9.17, 15) is 24.1 Å². The molecule has 0 saturated carbocycles. The van der Waals surface area contributed by atoms with Gasteiger partial charge in [0.15, 0.2) is 0 Å². The number of carboxylic acids is 1. The van der Waals surface area contributed by atoms with Gasteiger partial charge in [0.1, 0.15) is 19.3 Å². The number of hydrogen-bond donors (Lipinski definition) is 2. The molecule has 0 aromatic heterocycles. The number of rotatable bonds is 18. The molecule has 3 unspecified atom stereocenters. The number of carbonyl (C=O) groups is 3. The van der Waals surface area contributed by atoms with Crippen molar-refractivity contribution in [3.63, 3.8) is 0 Å². The number of ether oxygens (including phenoxy) is 4. The molecule has 47 heavy (non-hydrogen) atoms. The van der Waals surface area contributed by atoms with E-state index in [0.717, 1.165) is 11.3 Å². The molecule has 2 aromatic rings. The van der Waals surface area contributed by atoms with Crippen molar-refractivity contribution in [3.8, 4) is 0 Å². The minimum atomic E-state index is -4.85. The number of carbonyl (C=O) groups excluding carboxylic acids is 2. The summed E-state index contributed by atoms with van der Waals surface area (Å²) in [5.41, 5.74) is 7.56. The van der Waals surface area contributed by atoms with Crippen LogP contribution in [0.1, 0.15) is 65.0 Å². The van der Waals surface area contributed by atoms with Crippen molar-refractivity contribution in [2.75, 3.05) is 7.05 Å². The van der Waals surface area contributed by atoms with Gasteiger partial charge < -0.3 is 34.7 Å². The molecule has 0 amide bonds. The Morgan fingerprint density at radius 1 is 0.830 bits per heavy atom. The van der Waals surface area contributed by atoms with E-state index in [4.69, 9.17) is 33.7 Å². The van der Waals surface area contributed by atoms with Crippen molar-refractivity contribution >= 4 is 32.0 Å². The number of benzene rings is 2. The maximum absolute atomic E-state index is 14.3. The lowest BCUT2D eigenvalue weighted by Gasteiger charge is -2.30. The molecule has 14 nitrogen and oxygen atoms in total. The Morgan fingerprint density at radius 2 is 1.26 bits per heavy atom. The van der Waals surface area contributed by atoms with E-state index in [0.29, 0.717) is 17.5 Å². The second kappa shape index (κ2) is 19.5. The van der Waals surface area contributed by atoms with Crippen LogP contribution in [0.3, 0.4) is 0 Å². The molecule has 0 fully saturated rings. The Morgan fingerprint density at radius 3 is 1.62 bits per heavy atom. The predicted molar refractivity (Wildman–Crippen MR) is 173 cm³/mol. The van der Waals surface area contributed by atoms with Gasteiger partial charge in [0, 0.05) is 18.9 Å². The van der Waals surface area contributed by atoms with Gasteiger partial charge in [0.25, 0.3) is 0 Å². The average molecular weight is 680 g/mol. The third-order valence-corrected chi connectivity index (χ3v) is 7.95. The fourth-order valence-corrected chi connectivity index (χ4v) is 5.45. The number of hydrogen-bond acceptors (Lipinski definition) is 10. The zero-order valence-electron chi connectivity index (χ0n) is 27.6. The van der Waals surface area contributed by atoms with Gasteiger partial charge in [0.2, 0.25) is 18.5 Å². The Kier molecular flexibility index (Phi) is 16.2. The van der Waals surface area contributed by atoms with E-state index in [2.05, 4.69) is 4.76 Å². The van der Waals surface area contributed by atoms with Crippen LogP contribution in [0.2, 0.25) is 0 Å². The average Bonchev–Trinajstić information content (AvgIpc) is 3.03. The highest BCUT2D eigenvalue weighted by atomic mass is 31.2. The van der Waals surface area contributed by atoms with E-state index < -0.39 is 62.4 Å². The molecule has 0 aliphatic heterocycles. The summed E-state index contributed by atoms with van der Waals surface area (Å²) in [6, 6.07) is 16.6. The first-order valence-corrected chi connectivity index (χ1v) is 16.8. The summed E-state index contributed by atoms with van der Waals surface area (Å²) in [7, 11) is -3.48. The minimum Gasteiger partial charge on any atom is -0.480 e. The Hall–Kier alpha value is -4.13. The first-order valence-electron chi connectivity index (χ1n) is 15.3. The van der Waals surface area contributed by atoms with Gasteiger partial charge in [-0.25, -0.2) is 28.0 Å². The molecule has 0 saturated heterocycles. The van der Waals surface area contributed by atoms with Gasteiger partial charge in [-0.3, -0.25) is 0 Å². The Balaban J connectivity index is 2.34. The molecule has 260 valence electrons. The normalized spacial score (nSPS) is 14.9. The molecule has 3 N–H and O–H groups in total. The quantitative estimate of drug-likeness (QED) is 0.0559. The van der Waals surface area contributed by atoms with Crippen LogP contribution in [0.25, 0.3) is 0 Å². The summed E-state index contributed by atoms with van der Waals surface area (Å²) in [5.74, 6) is -2.91. The fraction of sp³-hybridized carbons (Fsp3) is 0.500. The van der Waals surface area contributed by atoms with Gasteiger partial charge in [-0.1, -0.05) is 108 Å². The number of unbranched alkanes of at least 4 members (excludes halogenated alkanes) is 1. The molecule has 0 aliphatic carbocycles. The molecule has 2 aromatic carbocycles. The summed E-state index contributed by atoms with van der Waals surface area (Å²) in [5, 5.41) is 9.79. The van der Waals surface area contributed by atoms with Gasteiger partial charge in [-0.15, -0.1) is 4.76 Å². The van der Waals surface area contributed by atoms with E-state index in [-0.39, 0.29) is 19.6 Å². The lowest BCUT2D eigenvalue weighted by Crippen LogP contribution is -2.46. The summed E-state index contributed by atoms with van der Waals surface area (Å²) >= 11 is 0. The van der Waals surface area contributed by atoms with Gasteiger partial charge in [-0.05, 0) is 17.5 Å². The topological polar surface area (TPSA) is 186 Å². The Bertz CT molecular complexity index is 1270. The predicted octanol–water partition coefficient (Wildman–Crippen LogP) is 6.69. The van der Waals surface area contributed by atoms with E-state index in [1.54, 1.807) is 76.2 Å². The molecule has 15 heteroatoms. The van der Waals surface area contributed by atoms with Crippen molar-refractivity contribution in [3.05, 3.63) is 71.8 Å². The fourth-order valence-electron chi connectivity index (χ4n) is 3.82. The van der Waals surface area contributed by atoms with E-state index in [1.807, 2.05) is 19.1 Å². The second-order valence-electron chi connectivity index (χ2n) is 11.3. The zero-order valence-corrected chi connectivity index (χ0v) is 28.5. The SMILES string of the molecule is CCCCC(C(=O)O)N(C)C(N)=NP(=O)(OC(OC(=O)OCc1ccccc1)C(C)C)OC(OC(=O)OCc1ccccc1)C(C)C. The van der Waals surface area contributed by atoms with Crippen LogP contribution in [0.5, 0.6) is 0 Å². The highest BCUT2D eigenvalue weighted by Crippen LogP contribution is 2.54. The van der Waals surface area contributed by atoms with E-state index >= 15 is 0 Å². The summed E-state index contributed by atoms with van der Waals surface area (Å²) in [4.78, 5) is 38.3. The summed E-state index contributed by atoms with van der Waals surface area (Å²) in [6.07, 6.45) is -3.82. The highest BCUT2D eigenvalue weighted by Gasteiger charge is 2.39. The maximum Gasteiger partial charge on any atom is 0.510 e. The van der Waals surface area contributed by atoms with Crippen LogP contribution in [-0.2, 0) is 50.6 Å². The summed E-state index contributed by atoms with van der Waals surface area (Å²) in [6.45, 7) is 8.15. The highest BCUT2D eigenvalue weighted by molar-refractivity contribution is 7.52. The number of likely N-dealkylation sites (N-methyl/N-ethyl adjacent to an activating group) is 1. The van der Waals surface area contributed by atoms with Crippen molar-refractivity contribution in [2.24, 2.45) is 22.3 Å². The van der Waals surface area contributed by atoms with Gasteiger partial charge in [-0.2, -0.15) is 0 Å². The molecule has 0 radical (unpaired) electrons. The van der Waals surface area contributed by atoms with Crippen molar-refractivity contribution in [1.82, 2.24) is 4.90 Å². The van der Waals surface area contributed by atoms with Crippen LogP contribution >= 0.6 is 7.75 Å². The number of nitrogens with two attached hydrogens (primary N) is 1. The van der Waals surface area contributed by atoms with Gasteiger partial charge in [0.05, 0.1) is 0 Å². The first kappa shape index (κ1) is 39.1. The number of guanidine groups is 1. The van der Waals surface area contributed by atoms with Crippen LogP contribution in [0.15, 0.2) is 65.4 Å².